The third-order valence-electron chi connectivity index (χ3n) is 3.04. The number of H-pyrrole nitrogens is 1. The van der Waals surface area contributed by atoms with Crippen molar-refractivity contribution in [2.45, 2.75) is 43.5 Å². The SMILES string of the molecule is CCCCc1nc(S[C@H](C)C(=O)Nc2ccc(Cl)cc2)n[nH]1. The van der Waals surface area contributed by atoms with Crippen molar-refractivity contribution in [1.29, 1.82) is 0 Å². The molecule has 1 aromatic heterocycles. The number of nitrogens with zero attached hydrogens (tertiary/aromatic N) is 2. The van der Waals surface area contributed by atoms with Gasteiger partial charge in [0.2, 0.25) is 11.1 Å². The Kier molecular flexibility index (Phi) is 6.27. The van der Waals surface area contributed by atoms with E-state index >= 15 is 0 Å². The zero-order valence-electron chi connectivity index (χ0n) is 12.6. The topological polar surface area (TPSA) is 70.7 Å². The molecule has 7 heteroatoms. The summed E-state index contributed by atoms with van der Waals surface area (Å²) in [4.78, 5) is 16.5. The van der Waals surface area contributed by atoms with Gasteiger partial charge in [0, 0.05) is 17.1 Å². The molecule has 1 heterocycles. The molecule has 0 aliphatic carbocycles. The van der Waals surface area contributed by atoms with Crippen LogP contribution in [0.3, 0.4) is 0 Å². The summed E-state index contributed by atoms with van der Waals surface area (Å²) in [5.74, 6) is 0.780. The monoisotopic (exact) mass is 338 g/mol. The van der Waals surface area contributed by atoms with E-state index in [-0.39, 0.29) is 11.2 Å². The van der Waals surface area contributed by atoms with Crippen molar-refractivity contribution in [3.05, 3.63) is 35.1 Å². The number of rotatable bonds is 7. The van der Waals surface area contributed by atoms with E-state index in [1.165, 1.54) is 11.8 Å². The van der Waals surface area contributed by atoms with Crippen molar-refractivity contribution in [2.75, 3.05) is 5.32 Å². The Labute approximate surface area is 139 Å². The lowest BCUT2D eigenvalue weighted by Crippen LogP contribution is -2.22. The number of thioether (sulfide) groups is 1. The van der Waals surface area contributed by atoms with Gasteiger partial charge in [0.25, 0.3) is 0 Å². The van der Waals surface area contributed by atoms with Gasteiger partial charge in [-0.2, -0.15) is 0 Å². The zero-order chi connectivity index (χ0) is 15.9. The minimum absolute atomic E-state index is 0.0905. The maximum atomic E-state index is 12.1. The van der Waals surface area contributed by atoms with Crippen molar-refractivity contribution >= 4 is 35.0 Å². The Morgan fingerprint density at radius 2 is 2.14 bits per heavy atom. The molecule has 0 spiro atoms. The van der Waals surface area contributed by atoms with E-state index < -0.39 is 0 Å². The third-order valence-corrected chi connectivity index (χ3v) is 4.25. The summed E-state index contributed by atoms with van der Waals surface area (Å²) in [7, 11) is 0. The van der Waals surface area contributed by atoms with E-state index in [4.69, 9.17) is 11.6 Å². The lowest BCUT2D eigenvalue weighted by atomic mass is 10.2. The number of nitrogens with one attached hydrogen (secondary N) is 2. The Morgan fingerprint density at radius 1 is 1.41 bits per heavy atom. The molecule has 1 amide bonds. The predicted molar refractivity (Wildman–Crippen MR) is 90.4 cm³/mol. The molecule has 0 saturated carbocycles. The molecule has 2 rings (SSSR count). The molecule has 5 nitrogen and oxygen atoms in total. The van der Waals surface area contributed by atoms with Gasteiger partial charge in [0.1, 0.15) is 5.82 Å². The molecule has 0 bridgehead atoms. The number of amides is 1. The molecule has 22 heavy (non-hydrogen) atoms. The second kappa shape index (κ2) is 8.19. The molecule has 0 fully saturated rings. The summed E-state index contributed by atoms with van der Waals surface area (Å²) in [6.07, 6.45) is 3.07. The number of benzene rings is 1. The van der Waals surface area contributed by atoms with Gasteiger partial charge in [0.05, 0.1) is 5.25 Å². The van der Waals surface area contributed by atoms with Crippen LogP contribution < -0.4 is 5.32 Å². The van der Waals surface area contributed by atoms with Crippen molar-refractivity contribution in [3.63, 3.8) is 0 Å². The first-order valence-electron chi connectivity index (χ1n) is 7.23. The number of aromatic amines is 1. The van der Waals surface area contributed by atoms with Gasteiger partial charge in [0.15, 0.2) is 0 Å². The molecule has 1 aromatic carbocycles. The predicted octanol–water partition coefficient (Wildman–Crippen LogP) is 3.92. The molecule has 0 radical (unpaired) electrons. The quantitative estimate of drug-likeness (QED) is 0.751. The van der Waals surface area contributed by atoms with Crippen LogP contribution in [0.15, 0.2) is 29.4 Å². The molecule has 2 N–H and O–H groups in total. The number of halogens is 1. The first kappa shape index (κ1) is 16.8. The lowest BCUT2D eigenvalue weighted by Gasteiger charge is -2.10. The Balaban J connectivity index is 1.87. The van der Waals surface area contributed by atoms with E-state index in [1.807, 2.05) is 6.92 Å². The fourth-order valence-corrected chi connectivity index (χ4v) is 2.64. The number of anilines is 1. The average molecular weight is 339 g/mol. The second-order valence-electron chi connectivity index (χ2n) is 4.92. The van der Waals surface area contributed by atoms with Gasteiger partial charge in [-0.05, 0) is 37.6 Å². The highest BCUT2D eigenvalue weighted by atomic mass is 35.5. The van der Waals surface area contributed by atoms with Gasteiger partial charge in [-0.3, -0.25) is 9.89 Å². The van der Waals surface area contributed by atoms with E-state index in [0.717, 1.165) is 30.8 Å². The Hall–Kier alpha value is -1.53. The van der Waals surface area contributed by atoms with E-state index in [0.29, 0.717) is 10.2 Å². The van der Waals surface area contributed by atoms with Crippen LogP contribution >= 0.6 is 23.4 Å². The maximum Gasteiger partial charge on any atom is 0.237 e. The number of aryl methyl sites for hydroxylation is 1. The van der Waals surface area contributed by atoms with Crippen LogP contribution in [0.25, 0.3) is 0 Å². The summed E-state index contributed by atoms with van der Waals surface area (Å²) in [6.45, 7) is 3.97. The molecule has 1 atom stereocenters. The van der Waals surface area contributed by atoms with Crippen molar-refractivity contribution in [3.8, 4) is 0 Å². The van der Waals surface area contributed by atoms with Crippen LogP contribution in [0.5, 0.6) is 0 Å². The highest BCUT2D eigenvalue weighted by Crippen LogP contribution is 2.21. The van der Waals surface area contributed by atoms with E-state index in [2.05, 4.69) is 27.4 Å². The molecule has 0 unspecified atom stereocenters. The molecule has 0 aliphatic heterocycles. The highest BCUT2D eigenvalue weighted by molar-refractivity contribution is 8.00. The zero-order valence-corrected chi connectivity index (χ0v) is 14.2. The molecular weight excluding hydrogens is 320 g/mol. The second-order valence-corrected chi connectivity index (χ2v) is 6.67. The van der Waals surface area contributed by atoms with Gasteiger partial charge in [-0.25, -0.2) is 4.98 Å². The third kappa shape index (κ3) is 5.03. The van der Waals surface area contributed by atoms with Crippen molar-refractivity contribution < 1.29 is 4.79 Å². The molecule has 2 aromatic rings. The molecule has 118 valence electrons. The van der Waals surface area contributed by atoms with Crippen LogP contribution in [0, 0.1) is 0 Å². The fraction of sp³-hybridized carbons (Fsp3) is 0.400. The highest BCUT2D eigenvalue weighted by Gasteiger charge is 2.17. The number of hydrogen-bond acceptors (Lipinski definition) is 4. The molecule has 0 saturated heterocycles. The van der Waals surface area contributed by atoms with Crippen molar-refractivity contribution in [1.82, 2.24) is 15.2 Å². The van der Waals surface area contributed by atoms with Crippen LogP contribution in [-0.4, -0.2) is 26.3 Å². The molecular formula is C15H19ClN4OS. The Morgan fingerprint density at radius 3 is 2.82 bits per heavy atom. The molecule has 0 aliphatic rings. The van der Waals surface area contributed by atoms with E-state index in [1.54, 1.807) is 24.3 Å². The smallest absolute Gasteiger partial charge is 0.237 e. The summed E-state index contributed by atoms with van der Waals surface area (Å²) in [6, 6.07) is 7.02. The largest absolute Gasteiger partial charge is 0.325 e. The van der Waals surface area contributed by atoms with Crippen LogP contribution in [-0.2, 0) is 11.2 Å². The maximum absolute atomic E-state index is 12.1. The summed E-state index contributed by atoms with van der Waals surface area (Å²) in [5.41, 5.74) is 0.723. The minimum Gasteiger partial charge on any atom is -0.325 e. The van der Waals surface area contributed by atoms with Crippen LogP contribution in [0.1, 0.15) is 32.5 Å². The number of carbonyl (C=O) groups is 1. The number of carbonyl (C=O) groups excluding carboxylic acids is 1. The number of hydrogen-bond donors (Lipinski definition) is 2. The van der Waals surface area contributed by atoms with E-state index in [9.17, 15) is 4.79 Å². The number of unbranched alkanes of at least 4 members (excludes halogenated alkanes) is 1. The Bertz CT molecular complexity index is 614. The summed E-state index contributed by atoms with van der Waals surface area (Å²) >= 11 is 7.16. The van der Waals surface area contributed by atoms with Crippen molar-refractivity contribution in [2.24, 2.45) is 0 Å². The summed E-state index contributed by atoms with van der Waals surface area (Å²) < 4.78 is 0. The van der Waals surface area contributed by atoms with Gasteiger partial charge in [-0.1, -0.05) is 36.7 Å². The summed E-state index contributed by atoms with van der Waals surface area (Å²) in [5, 5.41) is 10.9. The first-order valence-corrected chi connectivity index (χ1v) is 8.48. The van der Waals surface area contributed by atoms with Crippen LogP contribution in [0.2, 0.25) is 5.02 Å². The van der Waals surface area contributed by atoms with Gasteiger partial charge in [-0.15, -0.1) is 5.10 Å². The average Bonchev–Trinajstić information content (AvgIpc) is 2.95. The van der Waals surface area contributed by atoms with Gasteiger partial charge >= 0.3 is 0 Å². The number of aromatic nitrogens is 3. The fourth-order valence-electron chi connectivity index (χ4n) is 1.78. The standard InChI is InChI=1S/C15H19ClN4OS/c1-3-4-5-13-18-15(20-19-13)22-10(2)14(21)17-12-8-6-11(16)7-9-12/h6-10H,3-5H2,1-2H3,(H,17,21)(H,18,19,20)/t10-/m1/s1. The first-order chi connectivity index (χ1) is 10.6. The van der Waals surface area contributed by atoms with Crippen LogP contribution in [0.4, 0.5) is 5.69 Å². The minimum atomic E-state index is -0.287. The normalized spacial score (nSPS) is 12.1. The van der Waals surface area contributed by atoms with Gasteiger partial charge < -0.3 is 5.32 Å². The lowest BCUT2D eigenvalue weighted by molar-refractivity contribution is -0.115.